The Morgan fingerprint density at radius 2 is 1.91 bits per heavy atom. The van der Waals surface area contributed by atoms with Crippen LogP contribution in [0.15, 0.2) is 23.1 Å². The van der Waals surface area contributed by atoms with Crippen molar-refractivity contribution in [3.05, 3.63) is 23.2 Å². The molecule has 0 aliphatic heterocycles. The highest BCUT2D eigenvalue weighted by Gasteiger charge is 2.15. The van der Waals surface area contributed by atoms with Gasteiger partial charge in [-0.25, -0.2) is 13.2 Å². The van der Waals surface area contributed by atoms with Gasteiger partial charge in [0.05, 0.1) is 15.6 Å². The molecule has 124 valence electrons. The van der Waals surface area contributed by atoms with Crippen LogP contribution in [0.25, 0.3) is 0 Å². The molecular weight excluding hydrogens is 328 g/mol. The summed E-state index contributed by atoms with van der Waals surface area (Å²) in [5.41, 5.74) is -0.0550. The number of benzene rings is 1. The summed E-state index contributed by atoms with van der Waals surface area (Å²) in [7, 11) is -3.29. The highest BCUT2D eigenvalue weighted by atomic mass is 35.5. The van der Waals surface area contributed by atoms with Crippen molar-refractivity contribution in [2.75, 3.05) is 24.7 Å². The first-order valence-electron chi connectivity index (χ1n) is 6.69. The Hall–Kier alpha value is -1.47. The molecule has 1 amide bonds. The number of amides is 1. The first-order chi connectivity index (χ1) is 9.99. The number of ether oxygens (including phenoxy) is 1. The highest BCUT2D eigenvalue weighted by molar-refractivity contribution is 7.90. The quantitative estimate of drug-likeness (QED) is 0.799. The van der Waals surface area contributed by atoms with E-state index in [2.05, 4.69) is 10.6 Å². The number of hydrogen-bond donors (Lipinski definition) is 2. The van der Waals surface area contributed by atoms with Crippen LogP contribution in [0.4, 0.5) is 10.5 Å². The smallest absolute Gasteiger partial charge is 0.407 e. The van der Waals surface area contributed by atoms with Crippen molar-refractivity contribution in [2.24, 2.45) is 0 Å². The molecule has 0 aromatic heterocycles. The van der Waals surface area contributed by atoms with Crippen molar-refractivity contribution in [3.8, 4) is 0 Å². The first-order valence-corrected chi connectivity index (χ1v) is 8.96. The Morgan fingerprint density at radius 3 is 2.45 bits per heavy atom. The zero-order valence-corrected chi connectivity index (χ0v) is 14.6. The monoisotopic (exact) mass is 348 g/mol. The molecule has 0 saturated carbocycles. The summed E-state index contributed by atoms with van der Waals surface area (Å²) in [6, 6.07) is 4.43. The zero-order chi connectivity index (χ0) is 17.0. The Morgan fingerprint density at radius 1 is 1.27 bits per heavy atom. The predicted molar refractivity (Wildman–Crippen MR) is 87.3 cm³/mol. The van der Waals surface area contributed by atoms with E-state index in [1.54, 1.807) is 20.8 Å². The van der Waals surface area contributed by atoms with E-state index in [4.69, 9.17) is 16.3 Å². The van der Waals surface area contributed by atoms with Crippen LogP contribution in [0.5, 0.6) is 0 Å². The lowest BCUT2D eigenvalue weighted by molar-refractivity contribution is 0.0530. The van der Waals surface area contributed by atoms with Gasteiger partial charge in [-0.3, -0.25) is 0 Å². The molecule has 6 nitrogen and oxygen atoms in total. The summed E-state index contributed by atoms with van der Waals surface area (Å²) >= 11 is 6.01. The maximum atomic E-state index is 11.5. The second-order valence-electron chi connectivity index (χ2n) is 5.77. The Kier molecular flexibility index (Phi) is 6.08. The third kappa shape index (κ3) is 6.53. The van der Waals surface area contributed by atoms with E-state index in [0.29, 0.717) is 23.8 Å². The van der Waals surface area contributed by atoms with Gasteiger partial charge in [0, 0.05) is 19.3 Å². The standard InChI is InChI=1S/C14H21ClN2O4S/c1-14(2,3)21-13(18)17-8-7-16-12-9-10(22(4,19)20)5-6-11(12)15/h5-6,9,16H,7-8H2,1-4H3,(H,17,18). The van der Waals surface area contributed by atoms with Crippen molar-refractivity contribution < 1.29 is 17.9 Å². The Bertz CT molecular complexity index is 639. The number of hydrogen-bond acceptors (Lipinski definition) is 5. The van der Waals surface area contributed by atoms with Gasteiger partial charge in [-0.2, -0.15) is 0 Å². The lowest BCUT2D eigenvalue weighted by Gasteiger charge is -2.19. The molecule has 0 saturated heterocycles. The van der Waals surface area contributed by atoms with E-state index < -0.39 is 21.5 Å². The molecular formula is C14H21ClN2O4S. The molecule has 22 heavy (non-hydrogen) atoms. The van der Waals surface area contributed by atoms with Crippen LogP contribution in [0, 0.1) is 0 Å². The Labute approximate surface area is 136 Å². The normalized spacial score (nSPS) is 11.9. The van der Waals surface area contributed by atoms with Gasteiger partial charge in [-0.1, -0.05) is 11.6 Å². The van der Waals surface area contributed by atoms with Gasteiger partial charge < -0.3 is 15.4 Å². The highest BCUT2D eigenvalue weighted by Crippen LogP contribution is 2.24. The number of sulfone groups is 1. The average molecular weight is 349 g/mol. The number of nitrogens with one attached hydrogen (secondary N) is 2. The van der Waals surface area contributed by atoms with E-state index in [1.807, 2.05) is 0 Å². The maximum Gasteiger partial charge on any atom is 0.407 e. The van der Waals surface area contributed by atoms with E-state index in [9.17, 15) is 13.2 Å². The molecule has 2 N–H and O–H groups in total. The summed E-state index contributed by atoms with van der Waals surface area (Å²) in [5.74, 6) is 0. The second-order valence-corrected chi connectivity index (χ2v) is 8.19. The van der Waals surface area contributed by atoms with Crippen LogP contribution in [-0.4, -0.2) is 39.5 Å². The van der Waals surface area contributed by atoms with Crippen LogP contribution in [0.3, 0.4) is 0 Å². The van der Waals surface area contributed by atoms with E-state index >= 15 is 0 Å². The SMILES string of the molecule is CC(C)(C)OC(=O)NCCNc1cc(S(C)(=O)=O)ccc1Cl. The molecule has 8 heteroatoms. The summed E-state index contributed by atoms with van der Waals surface area (Å²) < 4.78 is 28.1. The van der Waals surface area contributed by atoms with Crippen LogP contribution < -0.4 is 10.6 Å². The third-order valence-electron chi connectivity index (χ3n) is 2.47. The van der Waals surface area contributed by atoms with Gasteiger partial charge in [0.15, 0.2) is 9.84 Å². The van der Waals surface area contributed by atoms with E-state index in [1.165, 1.54) is 18.2 Å². The van der Waals surface area contributed by atoms with Crippen LogP contribution in [-0.2, 0) is 14.6 Å². The van der Waals surface area contributed by atoms with Gasteiger partial charge in [0.2, 0.25) is 0 Å². The van der Waals surface area contributed by atoms with Crippen molar-refractivity contribution >= 4 is 33.2 Å². The van der Waals surface area contributed by atoms with Gasteiger partial charge in [-0.05, 0) is 39.0 Å². The Balaban J connectivity index is 2.54. The maximum absolute atomic E-state index is 11.5. The zero-order valence-electron chi connectivity index (χ0n) is 13.1. The largest absolute Gasteiger partial charge is 0.444 e. The molecule has 1 rings (SSSR count). The fourth-order valence-electron chi connectivity index (χ4n) is 1.55. The molecule has 0 fully saturated rings. The fraction of sp³-hybridized carbons (Fsp3) is 0.500. The molecule has 0 atom stereocenters. The number of carbonyl (C=O) groups excluding carboxylic acids is 1. The van der Waals surface area contributed by atoms with Crippen molar-refractivity contribution in [1.29, 1.82) is 0 Å². The van der Waals surface area contributed by atoms with Crippen molar-refractivity contribution in [2.45, 2.75) is 31.3 Å². The number of halogens is 1. The minimum atomic E-state index is -3.29. The molecule has 0 spiro atoms. The van der Waals surface area contributed by atoms with Gasteiger partial charge in [0.25, 0.3) is 0 Å². The third-order valence-corrected chi connectivity index (χ3v) is 3.91. The second kappa shape index (κ2) is 7.19. The minimum Gasteiger partial charge on any atom is -0.444 e. The summed E-state index contributed by atoms with van der Waals surface area (Å²) in [6.07, 6.45) is 0.620. The molecule has 0 bridgehead atoms. The molecule has 0 unspecified atom stereocenters. The number of alkyl carbamates (subject to hydrolysis) is 1. The van der Waals surface area contributed by atoms with Crippen LogP contribution in [0.1, 0.15) is 20.8 Å². The lowest BCUT2D eigenvalue weighted by atomic mass is 10.2. The summed E-state index contributed by atoms with van der Waals surface area (Å²) in [5, 5.41) is 5.97. The minimum absolute atomic E-state index is 0.180. The van der Waals surface area contributed by atoms with E-state index in [-0.39, 0.29) is 4.90 Å². The molecule has 1 aromatic carbocycles. The van der Waals surface area contributed by atoms with E-state index in [0.717, 1.165) is 6.26 Å². The molecule has 0 radical (unpaired) electrons. The molecule has 0 aliphatic carbocycles. The average Bonchev–Trinajstić information content (AvgIpc) is 2.33. The topological polar surface area (TPSA) is 84.5 Å². The van der Waals surface area contributed by atoms with Crippen molar-refractivity contribution in [3.63, 3.8) is 0 Å². The van der Waals surface area contributed by atoms with Crippen LogP contribution >= 0.6 is 11.6 Å². The summed E-state index contributed by atoms with van der Waals surface area (Å²) in [4.78, 5) is 11.6. The number of rotatable bonds is 5. The number of anilines is 1. The molecule has 0 aliphatic rings. The molecule has 0 heterocycles. The van der Waals surface area contributed by atoms with Crippen molar-refractivity contribution in [1.82, 2.24) is 5.32 Å². The molecule has 1 aromatic rings. The van der Waals surface area contributed by atoms with Gasteiger partial charge >= 0.3 is 6.09 Å². The van der Waals surface area contributed by atoms with Gasteiger partial charge in [-0.15, -0.1) is 0 Å². The summed E-state index contributed by atoms with van der Waals surface area (Å²) in [6.45, 7) is 6.03. The number of carbonyl (C=O) groups is 1. The first kappa shape index (κ1) is 18.6. The van der Waals surface area contributed by atoms with Gasteiger partial charge in [0.1, 0.15) is 5.60 Å². The fourth-order valence-corrected chi connectivity index (χ4v) is 2.38. The lowest BCUT2D eigenvalue weighted by Crippen LogP contribution is -2.35. The predicted octanol–water partition coefficient (Wildman–Crippen LogP) is 2.68. The van der Waals surface area contributed by atoms with Crippen LogP contribution in [0.2, 0.25) is 5.02 Å².